The zero-order chi connectivity index (χ0) is 26.9. The second-order valence-electron chi connectivity index (χ2n) is 9.19. The molecule has 2 aliphatic heterocycles. The van der Waals surface area contributed by atoms with E-state index in [2.05, 4.69) is 71.1 Å². The molecule has 1 saturated heterocycles. The molecule has 9 nitrogen and oxygen atoms in total. The lowest BCUT2D eigenvalue weighted by atomic mass is 9.92. The summed E-state index contributed by atoms with van der Waals surface area (Å²) in [7, 11) is 5.61. The average molecular weight is 512 g/mol. The molecule has 2 N–H and O–H groups in total. The number of anilines is 2. The lowest BCUT2D eigenvalue weighted by Gasteiger charge is -2.36. The molecule has 0 bridgehead atoms. The number of carbonyl (C=O) groups is 2. The highest BCUT2D eigenvalue weighted by Crippen LogP contribution is 2.46. The number of piperazine rings is 1. The van der Waals surface area contributed by atoms with Gasteiger partial charge >= 0.3 is 11.9 Å². The molecule has 2 aromatic carbocycles. The molecule has 0 unspecified atom stereocenters. The molecule has 0 aromatic heterocycles. The predicted octanol–water partition coefficient (Wildman–Crippen LogP) is 3.55. The van der Waals surface area contributed by atoms with Crippen LogP contribution in [-0.4, -0.2) is 87.1 Å². The summed E-state index contributed by atoms with van der Waals surface area (Å²) in [5.74, 6) is -0.361. The molecular formula is C28H37N3O6. The number of ether oxygens (including phenoxy) is 2. The van der Waals surface area contributed by atoms with E-state index in [0.29, 0.717) is 24.1 Å². The summed E-state index contributed by atoms with van der Waals surface area (Å²) in [6.45, 7) is 7.93. The molecule has 0 radical (unpaired) electrons. The van der Waals surface area contributed by atoms with E-state index in [1.807, 2.05) is 0 Å². The first kappa shape index (κ1) is 27.9. The standard InChI is InChI=1S/C24H33N3O2.C4H4O4/c1-18-20(21-16-23(28-3)24(29-4)17-22(21)25(18)2)10-11-26-12-14-27(15-13-26)19-8-6-5-7-9-19;5-3(6)1-2-4(7)8/h5-9,16-18,20H,10-15H2,1-4H3;1-2H,(H,5,6)(H,7,8)/b;2-1+/t18-,20+;/m1./s1. The van der Waals surface area contributed by atoms with Crippen LogP contribution in [0.3, 0.4) is 0 Å². The maximum Gasteiger partial charge on any atom is 0.328 e. The largest absolute Gasteiger partial charge is 0.493 e. The van der Waals surface area contributed by atoms with Crippen molar-refractivity contribution >= 4 is 23.3 Å². The van der Waals surface area contributed by atoms with Crippen LogP contribution < -0.4 is 19.3 Å². The molecule has 2 aliphatic rings. The highest BCUT2D eigenvalue weighted by atomic mass is 16.5. The third kappa shape index (κ3) is 7.16. The first-order valence-electron chi connectivity index (χ1n) is 12.4. The zero-order valence-corrected chi connectivity index (χ0v) is 22.0. The van der Waals surface area contributed by atoms with Gasteiger partial charge in [-0.1, -0.05) is 18.2 Å². The second-order valence-corrected chi connectivity index (χ2v) is 9.19. The van der Waals surface area contributed by atoms with Crippen LogP contribution >= 0.6 is 0 Å². The van der Waals surface area contributed by atoms with E-state index in [9.17, 15) is 9.59 Å². The van der Waals surface area contributed by atoms with Crippen LogP contribution in [0, 0.1) is 0 Å². The fourth-order valence-electron chi connectivity index (χ4n) is 4.97. The number of methoxy groups -OCH3 is 2. The number of carboxylic acid groups (broad SMARTS) is 2. The number of rotatable bonds is 8. The topological polar surface area (TPSA) is 103 Å². The van der Waals surface area contributed by atoms with Gasteiger partial charge in [0.2, 0.25) is 0 Å². The third-order valence-electron chi connectivity index (χ3n) is 7.12. The van der Waals surface area contributed by atoms with Gasteiger partial charge in [-0.15, -0.1) is 0 Å². The molecular weight excluding hydrogens is 474 g/mol. The number of carboxylic acids is 2. The predicted molar refractivity (Wildman–Crippen MR) is 144 cm³/mol. The highest BCUT2D eigenvalue weighted by molar-refractivity contribution is 5.89. The maximum absolute atomic E-state index is 9.55. The minimum atomic E-state index is -1.26. The summed E-state index contributed by atoms with van der Waals surface area (Å²) in [5.41, 5.74) is 4.00. The van der Waals surface area contributed by atoms with Crippen molar-refractivity contribution in [3.63, 3.8) is 0 Å². The lowest BCUT2D eigenvalue weighted by Crippen LogP contribution is -2.47. The van der Waals surface area contributed by atoms with Gasteiger partial charge in [0.05, 0.1) is 14.2 Å². The third-order valence-corrected chi connectivity index (χ3v) is 7.12. The Balaban J connectivity index is 0.000000414. The van der Waals surface area contributed by atoms with E-state index in [1.165, 1.54) is 23.4 Å². The molecule has 2 heterocycles. The highest BCUT2D eigenvalue weighted by Gasteiger charge is 2.35. The number of aliphatic carboxylic acids is 2. The van der Waals surface area contributed by atoms with E-state index in [-0.39, 0.29) is 0 Å². The van der Waals surface area contributed by atoms with E-state index < -0.39 is 11.9 Å². The first-order valence-corrected chi connectivity index (χ1v) is 12.4. The van der Waals surface area contributed by atoms with Gasteiger partial charge in [0.15, 0.2) is 11.5 Å². The van der Waals surface area contributed by atoms with Gasteiger partial charge in [-0.05, 0) is 43.7 Å². The minimum absolute atomic E-state index is 0.479. The van der Waals surface area contributed by atoms with Crippen LogP contribution in [0.1, 0.15) is 24.8 Å². The van der Waals surface area contributed by atoms with Gasteiger partial charge in [0.25, 0.3) is 0 Å². The SMILES string of the molecule is COc1cc2c(cc1OC)N(C)[C@H](C)[C@@H]2CCN1CCN(c2ccccc2)CC1.O=C(O)/C=C/C(=O)O. The molecule has 2 aromatic rings. The Bertz CT molecular complexity index is 1070. The summed E-state index contributed by atoms with van der Waals surface area (Å²) < 4.78 is 11.1. The van der Waals surface area contributed by atoms with E-state index >= 15 is 0 Å². The smallest absolute Gasteiger partial charge is 0.328 e. The molecule has 37 heavy (non-hydrogen) atoms. The van der Waals surface area contributed by atoms with Crippen molar-refractivity contribution in [3.8, 4) is 11.5 Å². The van der Waals surface area contributed by atoms with Gasteiger partial charge in [0, 0.05) is 74.8 Å². The van der Waals surface area contributed by atoms with Crippen LogP contribution in [-0.2, 0) is 9.59 Å². The molecule has 0 aliphatic carbocycles. The molecule has 4 rings (SSSR count). The van der Waals surface area contributed by atoms with Crippen LogP contribution in [0.4, 0.5) is 11.4 Å². The van der Waals surface area contributed by atoms with Gasteiger partial charge in [-0.25, -0.2) is 9.59 Å². The Morgan fingerprint density at radius 1 is 0.946 bits per heavy atom. The van der Waals surface area contributed by atoms with E-state index in [4.69, 9.17) is 19.7 Å². The Morgan fingerprint density at radius 2 is 1.51 bits per heavy atom. The number of fused-ring (bicyclic) bond motifs is 1. The average Bonchev–Trinajstić information content (AvgIpc) is 3.14. The Morgan fingerprint density at radius 3 is 2.05 bits per heavy atom. The summed E-state index contributed by atoms with van der Waals surface area (Å²) in [5, 5.41) is 15.6. The number of para-hydroxylation sites is 1. The first-order chi connectivity index (χ1) is 17.7. The fourth-order valence-corrected chi connectivity index (χ4v) is 4.97. The molecule has 0 saturated carbocycles. The number of nitrogens with zero attached hydrogens (tertiary/aromatic N) is 3. The summed E-state index contributed by atoms with van der Waals surface area (Å²) in [6.07, 6.45) is 2.28. The monoisotopic (exact) mass is 511 g/mol. The lowest BCUT2D eigenvalue weighted by molar-refractivity contribution is -0.134. The maximum atomic E-state index is 9.55. The normalized spacial score (nSPS) is 19.2. The second kappa shape index (κ2) is 13.0. The molecule has 0 spiro atoms. The van der Waals surface area contributed by atoms with Crippen molar-refractivity contribution in [1.29, 1.82) is 0 Å². The Hall–Kier alpha value is -3.72. The van der Waals surface area contributed by atoms with E-state index in [1.54, 1.807) is 14.2 Å². The molecule has 9 heteroatoms. The Labute approximate surface area is 218 Å². The number of benzene rings is 2. The summed E-state index contributed by atoms with van der Waals surface area (Å²) >= 11 is 0. The quantitative estimate of drug-likeness (QED) is 0.515. The Kier molecular flexibility index (Phi) is 9.79. The summed E-state index contributed by atoms with van der Waals surface area (Å²) in [4.78, 5) is 26.6. The van der Waals surface area contributed by atoms with Gasteiger partial charge in [0.1, 0.15) is 0 Å². The van der Waals surface area contributed by atoms with Crippen molar-refractivity contribution in [2.45, 2.75) is 25.3 Å². The number of likely N-dealkylation sites (N-methyl/N-ethyl adjacent to an activating group) is 1. The minimum Gasteiger partial charge on any atom is -0.493 e. The van der Waals surface area contributed by atoms with Crippen molar-refractivity contribution in [1.82, 2.24) is 4.90 Å². The van der Waals surface area contributed by atoms with Gasteiger partial charge < -0.3 is 29.5 Å². The zero-order valence-electron chi connectivity index (χ0n) is 22.0. The number of hydrogen-bond donors (Lipinski definition) is 2. The molecule has 200 valence electrons. The van der Waals surface area contributed by atoms with Crippen LogP contribution in [0.15, 0.2) is 54.6 Å². The van der Waals surface area contributed by atoms with Gasteiger partial charge in [-0.2, -0.15) is 0 Å². The van der Waals surface area contributed by atoms with Crippen LogP contribution in [0.25, 0.3) is 0 Å². The van der Waals surface area contributed by atoms with Gasteiger partial charge in [-0.3, -0.25) is 4.90 Å². The molecule has 1 fully saturated rings. The van der Waals surface area contributed by atoms with E-state index in [0.717, 1.165) is 44.2 Å². The van der Waals surface area contributed by atoms with Crippen molar-refractivity contribution in [3.05, 3.63) is 60.2 Å². The fraction of sp³-hybridized carbons (Fsp3) is 0.429. The van der Waals surface area contributed by atoms with Crippen molar-refractivity contribution < 1.29 is 29.3 Å². The molecule has 2 atom stereocenters. The summed E-state index contributed by atoms with van der Waals surface area (Å²) in [6, 6.07) is 15.6. The van der Waals surface area contributed by atoms with Crippen molar-refractivity contribution in [2.24, 2.45) is 0 Å². The number of hydrogen-bond acceptors (Lipinski definition) is 7. The van der Waals surface area contributed by atoms with Crippen LogP contribution in [0.5, 0.6) is 11.5 Å². The van der Waals surface area contributed by atoms with Crippen LogP contribution in [0.2, 0.25) is 0 Å². The molecule has 0 amide bonds. The van der Waals surface area contributed by atoms with Crippen molar-refractivity contribution in [2.75, 3.05) is 63.8 Å².